The van der Waals surface area contributed by atoms with Crippen molar-refractivity contribution in [1.29, 1.82) is 0 Å². The number of aliphatic carboxylic acids is 1. The highest BCUT2D eigenvalue weighted by Crippen LogP contribution is 2.73. The molecule has 4 rings (SSSR count). The molecule has 4 aliphatic carbocycles. The van der Waals surface area contributed by atoms with Crippen LogP contribution in [0.4, 0.5) is 0 Å². The molecule has 0 aromatic carbocycles. The molecule has 0 amide bonds. The zero-order valence-corrected chi connectivity index (χ0v) is 24.9. The third-order valence-corrected chi connectivity index (χ3v) is 12.2. The van der Waals surface area contributed by atoms with Gasteiger partial charge in [0.05, 0.1) is 0 Å². The molecule has 3 saturated carbocycles. The Morgan fingerprint density at radius 3 is 2.59 bits per heavy atom. The van der Waals surface area contributed by atoms with E-state index in [-0.39, 0.29) is 21.4 Å². The van der Waals surface area contributed by atoms with Crippen molar-refractivity contribution in [2.24, 2.45) is 56.2 Å². The molecule has 37 heavy (non-hydrogen) atoms. The van der Waals surface area contributed by atoms with Gasteiger partial charge in [0.15, 0.2) is 5.11 Å². The number of hydrogen-bond donors (Lipinski definition) is 3. The Labute approximate surface area is 229 Å². The van der Waals surface area contributed by atoms with Crippen LogP contribution in [0.15, 0.2) is 28.4 Å². The fraction of sp³-hybridized carbons (Fsp3) is 0.774. The Bertz CT molecular complexity index is 1050. The second kappa shape index (κ2) is 9.81. The minimum absolute atomic E-state index is 0.00277. The second-order valence-electron chi connectivity index (χ2n) is 13.9. The molecule has 4 N–H and O–H groups in total. The van der Waals surface area contributed by atoms with Crippen molar-refractivity contribution in [3.05, 3.63) is 23.3 Å². The molecule has 0 aromatic rings. The number of carbonyl (C=O) groups is 1. The standard InChI is InChI=1S/C31H49N3O2S/c1-19(9-8-10-20(2)26(35)36)21-13-17-31(7)23-11-12-24-28(3,4)25(33-34-27(32)37)15-16-29(24,5)22(23)14-18-30(21,31)6/h10-11,19,21-22,24H,8-9,12-18H2,1-7H3,(H,35,36)(H3,32,34,37)/b20-10-,33-25+/t19-,21+,22-,24+,29-,30+,31-/m1/s1. The van der Waals surface area contributed by atoms with Crippen molar-refractivity contribution in [2.75, 3.05) is 0 Å². The first-order valence-electron chi connectivity index (χ1n) is 14.4. The summed E-state index contributed by atoms with van der Waals surface area (Å²) in [4.78, 5) is 11.2. The van der Waals surface area contributed by atoms with Gasteiger partial charge in [0.25, 0.3) is 0 Å². The summed E-state index contributed by atoms with van der Waals surface area (Å²) in [5, 5.41) is 14.1. The third kappa shape index (κ3) is 4.49. The van der Waals surface area contributed by atoms with Gasteiger partial charge in [-0.05, 0) is 117 Å². The molecule has 0 bridgehead atoms. The van der Waals surface area contributed by atoms with Crippen LogP contribution < -0.4 is 11.2 Å². The Balaban J connectivity index is 1.58. The number of nitrogens with one attached hydrogen (secondary N) is 1. The number of allylic oxidation sites excluding steroid dienone is 3. The molecule has 0 aromatic heterocycles. The van der Waals surface area contributed by atoms with Crippen LogP contribution in [-0.2, 0) is 4.79 Å². The Morgan fingerprint density at radius 2 is 1.95 bits per heavy atom. The molecule has 0 spiro atoms. The van der Waals surface area contributed by atoms with Crippen LogP contribution in [0, 0.1) is 45.3 Å². The van der Waals surface area contributed by atoms with Crippen molar-refractivity contribution in [1.82, 2.24) is 5.43 Å². The van der Waals surface area contributed by atoms with E-state index in [1.54, 1.807) is 12.5 Å². The third-order valence-electron chi connectivity index (χ3n) is 12.1. The van der Waals surface area contributed by atoms with E-state index >= 15 is 0 Å². The van der Waals surface area contributed by atoms with Crippen LogP contribution in [0.3, 0.4) is 0 Å². The summed E-state index contributed by atoms with van der Waals surface area (Å²) in [5.74, 6) is 1.69. The monoisotopic (exact) mass is 527 g/mol. The SMILES string of the molecule is C/C(=C/CC[C@@H](C)[C@@H]1CC[C@]2(C)C3=CC[C@H]4C(C)(C)/C(=N/NC(N)=S)CC[C@]4(C)[C@@H]3CC[C@@]12C)C(=O)O. The molecular weight excluding hydrogens is 478 g/mol. The van der Waals surface area contributed by atoms with Crippen LogP contribution in [0.1, 0.15) is 106 Å². The van der Waals surface area contributed by atoms with Crippen molar-refractivity contribution >= 4 is 29.0 Å². The molecular formula is C31H49N3O2S. The van der Waals surface area contributed by atoms with Crippen LogP contribution in [0.2, 0.25) is 0 Å². The van der Waals surface area contributed by atoms with Crippen LogP contribution in [0.25, 0.3) is 0 Å². The number of hydrazone groups is 1. The average Bonchev–Trinajstić information content (AvgIpc) is 3.09. The molecule has 0 saturated heterocycles. The smallest absolute Gasteiger partial charge is 0.330 e. The molecule has 0 unspecified atom stereocenters. The van der Waals surface area contributed by atoms with E-state index in [1.807, 2.05) is 6.08 Å². The number of carboxylic acids is 1. The van der Waals surface area contributed by atoms with Gasteiger partial charge in [0.2, 0.25) is 0 Å². The van der Waals surface area contributed by atoms with Crippen LogP contribution in [0.5, 0.6) is 0 Å². The van der Waals surface area contributed by atoms with Gasteiger partial charge in [0.1, 0.15) is 0 Å². The number of rotatable bonds is 6. The van der Waals surface area contributed by atoms with Gasteiger partial charge in [-0.25, -0.2) is 4.79 Å². The van der Waals surface area contributed by atoms with Crippen LogP contribution >= 0.6 is 12.2 Å². The lowest BCUT2D eigenvalue weighted by molar-refractivity contribution is -0.132. The minimum atomic E-state index is -0.800. The largest absolute Gasteiger partial charge is 0.478 e. The highest BCUT2D eigenvalue weighted by atomic mass is 32.1. The number of hydrogen-bond acceptors (Lipinski definition) is 3. The van der Waals surface area contributed by atoms with Gasteiger partial charge >= 0.3 is 5.97 Å². The van der Waals surface area contributed by atoms with E-state index in [9.17, 15) is 9.90 Å². The normalized spacial score (nSPS) is 40.7. The molecule has 5 nitrogen and oxygen atoms in total. The molecule has 0 heterocycles. The fourth-order valence-electron chi connectivity index (χ4n) is 9.65. The van der Waals surface area contributed by atoms with Gasteiger partial charge in [0, 0.05) is 16.7 Å². The lowest BCUT2D eigenvalue weighted by Crippen LogP contribution is -2.57. The summed E-state index contributed by atoms with van der Waals surface area (Å²) in [6, 6.07) is 0. The first kappa shape index (κ1) is 28.3. The zero-order valence-electron chi connectivity index (χ0n) is 24.1. The van der Waals surface area contributed by atoms with Crippen molar-refractivity contribution in [2.45, 2.75) is 106 Å². The maximum Gasteiger partial charge on any atom is 0.330 e. The Morgan fingerprint density at radius 1 is 1.24 bits per heavy atom. The maximum absolute atomic E-state index is 11.2. The summed E-state index contributed by atoms with van der Waals surface area (Å²) in [5.41, 5.74) is 12.8. The summed E-state index contributed by atoms with van der Waals surface area (Å²) in [7, 11) is 0. The average molecular weight is 528 g/mol. The van der Waals surface area contributed by atoms with E-state index in [1.165, 1.54) is 37.8 Å². The summed E-state index contributed by atoms with van der Waals surface area (Å²) < 4.78 is 0. The van der Waals surface area contributed by atoms with Crippen molar-refractivity contribution < 1.29 is 9.90 Å². The molecule has 7 atom stereocenters. The molecule has 0 radical (unpaired) electrons. The first-order valence-corrected chi connectivity index (χ1v) is 14.8. The summed E-state index contributed by atoms with van der Waals surface area (Å²) in [6.07, 6.45) is 14.9. The fourth-order valence-corrected chi connectivity index (χ4v) is 9.70. The number of carboxylic acid groups (broad SMARTS) is 1. The lowest BCUT2D eigenvalue weighted by atomic mass is 9.41. The number of nitrogens with zero attached hydrogens (tertiary/aromatic N) is 1. The Kier molecular flexibility index (Phi) is 7.51. The summed E-state index contributed by atoms with van der Waals surface area (Å²) >= 11 is 5.01. The van der Waals surface area contributed by atoms with Gasteiger partial charge in [-0.15, -0.1) is 0 Å². The molecule has 3 fully saturated rings. The van der Waals surface area contributed by atoms with Gasteiger partial charge in [-0.1, -0.05) is 59.3 Å². The predicted molar refractivity (Wildman–Crippen MR) is 156 cm³/mol. The van der Waals surface area contributed by atoms with Crippen molar-refractivity contribution in [3.63, 3.8) is 0 Å². The number of nitrogens with two attached hydrogens (primary N) is 1. The quantitative estimate of drug-likeness (QED) is 0.147. The van der Waals surface area contributed by atoms with Gasteiger partial charge in [-0.3, -0.25) is 5.43 Å². The highest BCUT2D eigenvalue weighted by molar-refractivity contribution is 7.80. The highest BCUT2D eigenvalue weighted by Gasteiger charge is 2.65. The maximum atomic E-state index is 11.2. The van der Waals surface area contributed by atoms with E-state index in [0.717, 1.165) is 25.7 Å². The summed E-state index contributed by atoms with van der Waals surface area (Å²) in [6.45, 7) is 16.6. The molecule has 4 aliphatic rings. The van der Waals surface area contributed by atoms with Crippen molar-refractivity contribution in [3.8, 4) is 0 Å². The number of fused-ring (bicyclic) bond motifs is 5. The number of thiocarbonyl (C=S) groups is 1. The van der Waals surface area contributed by atoms with E-state index in [0.29, 0.717) is 34.7 Å². The van der Waals surface area contributed by atoms with E-state index in [2.05, 4.69) is 58.1 Å². The molecule has 0 aliphatic heterocycles. The predicted octanol–water partition coefficient (Wildman–Crippen LogP) is 7.23. The minimum Gasteiger partial charge on any atom is -0.478 e. The van der Waals surface area contributed by atoms with Gasteiger partial charge < -0.3 is 10.8 Å². The van der Waals surface area contributed by atoms with E-state index in [4.69, 9.17) is 18.0 Å². The molecule has 6 heteroatoms. The lowest BCUT2D eigenvalue weighted by Gasteiger charge is -2.63. The van der Waals surface area contributed by atoms with Gasteiger partial charge in [-0.2, -0.15) is 5.10 Å². The zero-order chi connectivity index (χ0) is 27.4. The molecule has 206 valence electrons. The van der Waals surface area contributed by atoms with E-state index < -0.39 is 5.97 Å². The second-order valence-corrected chi connectivity index (χ2v) is 14.4. The topological polar surface area (TPSA) is 87.7 Å². The van der Waals surface area contributed by atoms with Crippen LogP contribution in [-0.4, -0.2) is 21.9 Å². The first-order chi connectivity index (χ1) is 17.2. The Hall–Kier alpha value is -1.69.